The summed E-state index contributed by atoms with van der Waals surface area (Å²) in [5.74, 6) is 2.22. The fourth-order valence-corrected chi connectivity index (χ4v) is 2.35. The van der Waals surface area contributed by atoms with Gasteiger partial charge in [-0.15, -0.1) is 0 Å². The Bertz CT molecular complexity index is 866. The second-order valence-electron chi connectivity index (χ2n) is 4.96. The first-order chi connectivity index (χ1) is 11.2. The second kappa shape index (κ2) is 6.40. The Morgan fingerprint density at radius 2 is 1.39 bits per heavy atom. The minimum absolute atomic E-state index is 0.111. The number of hydrogen-bond donors (Lipinski definition) is 0. The smallest absolute Gasteiger partial charge is 0.186 e. The number of rotatable bonds is 4. The predicted octanol–water partition coefficient (Wildman–Crippen LogP) is 3.99. The summed E-state index contributed by atoms with van der Waals surface area (Å²) in [6, 6.07) is 17.9. The summed E-state index contributed by atoms with van der Waals surface area (Å²) in [4.78, 5) is 12.0. The van der Waals surface area contributed by atoms with Gasteiger partial charge < -0.3 is 13.9 Å². The number of ether oxygens (including phenoxy) is 2. The molecule has 0 aliphatic carbocycles. The molecule has 23 heavy (non-hydrogen) atoms. The highest BCUT2D eigenvalue weighted by Gasteiger charge is 2.10. The largest absolute Gasteiger partial charge is 0.493 e. The van der Waals surface area contributed by atoms with Crippen LogP contribution in [0.15, 0.2) is 69.9 Å². The van der Waals surface area contributed by atoms with E-state index >= 15 is 0 Å². The van der Waals surface area contributed by atoms with Crippen LogP contribution >= 0.6 is 0 Å². The average Bonchev–Trinajstić information content (AvgIpc) is 2.61. The fourth-order valence-electron chi connectivity index (χ4n) is 2.35. The molecule has 0 aliphatic rings. The molecule has 116 valence electrons. The van der Waals surface area contributed by atoms with Crippen molar-refractivity contribution in [2.45, 2.75) is 0 Å². The predicted molar refractivity (Wildman–Crippen MR) is 89.0 cm³/mol. The van der Waals surface area contributed by atoms with Gasteiger partial charge in [0.2, 0.25) is 0 Å². The second-order valence-corrected chi connectivity index (χ2v) is 4.96. The van der Waals surface area contributed by atoms with E-state index in [0.29, 0.717) is 23.0 Å². The fraction of sp³-hybridized carbons (Fsp3) is 0.105. The molecular weight excluding hydrogens is 292 g/mol. The molecule has 0 unspecified atom stereocenters. The van der Waals surface area contributed by atoms with Crippen molar-refractivity contribution >= 4 is 0 Å². The van der Waals surface area contributed by atoms with E-state index < -0.39 is 0 Å². The van der Waals surface area contributed by atoms with Gasteiger partial charge in [0.05, 0.1) is 14.2 Å². The van der Waals surface area contributed by atoms with Gasteiger partial charge >= 0.3 is 0 Å². The highest BCUT2D eigenvalue weighted by Crippen LogP contribution is 2.33. The Labute approximate surface area is 133 Å². The van der Waals surface area contributed by atoms with Crippen molar-refractivity contribution in [2.24, 2.45) is 0 Å². The third-order valence-corrected chi connectivity index (χ3v) is 3.49. The zero-order chi connectivity index (χ0) is 16.2. The van der Waals surface area contributed by atoms with Crippen LogP contribution in [0.4, 0.5) is 0 Å². The maximum absolute atomic E-state index is 12.0. The van der Waals surface area contributed by atoms with Gasteiger partial charge in [-0.05, 0) is 18.2 Å². The average molecular weight is 308 g/mol. The van der Waals surface area contributed by atoms with E-state index in [1.807, 2.05) is 36.4 Å². The molecule has 1 aromatic heterocycles. The van der Waals surface area contributed by atoms with E-state index in [1.165, 1.54) is 12.1 Å². The van der Waals surface area contributed by atoms with Crippen molar-refractivity contribution in [3.8, 4) is 34.1 Å². The first-order valence-corrected chi connectivity index (χ1v) is 7.14. The Hall–Kier alpha value is -3.01. The van der Waals surface area contributed by atoms with Crippen molar-refractivity contribution in [2.75, 3.05) is 14.2 Å². The third kappa shape index (κ3) is 3.11. The van der Waals surface area contributed by atoms with Crippen molar-refractivity contribution in [1.29, 1.82) is 0 Å². The Morgan fingerprint density at radius 3 is 2.04 bits per heavy atom. The molecule has 0 radical (unpaired) electrons. The number of methoxy groups -OCH3 is 2. The van der Waals surface area contributed by atoms with Crippen LogP contribution in [0.3, 0.4) is 0 Å². The van der Waals surface area contributed by atoms with E-state index in [9.17, 15) is 4.79 Å². The minimum Gasteiger partial charge on any atom is -0.493 e. The highest BCUT2D eigenvalue weighted by molar-refractivity contribution is 5.65. The molecule has 3 rings (SSSR count). The van der Waals surface area contributed by atoms with Crippen LogP contribution in [0.25, 0.3) is 22.6 Å². The molecule has 0 aliphatic heterocycles. The molecule has 0 N–H and O–H groups in total. The van der Waals surface area contributed by atoms with Gasteiger partial charge in [-0.2, -0.15) is 0 Å². The molecule has 1 heterocycles. The summed E-state index contributed by atoms with van der Waals surface area (Å²) in [7, 11) is 3.14. The van der Waals surface area contributed by atoms with Gasteiger partial charge in [-0.25, -0.2) is 0 Å². The zero-order valence-corrected chi connectivity index (χ0v) is 12.9. The Morgan fingerprint density at radius 1 is 0.739 bits per heavy atom. The monoisotopic (exact) mass is 308 g/mol. The summed E-state index contributed by atoms with van der Waals surface area (Å²) in [5.41, 5.74) is 1.49. The molecule has 0 fully saturated rings. The van der Waals surface area contributed by atoms with Gasteiger partial charge in [-0.3, -0.25) is 4.79 Å². The number of benzene rings is 2. The van der Waals surface area contributed by atoms with Crippen molar-refractivity contribution in [3.63, 3.8) is 0 Å². The molecule has 4 heteroatoms. The van der Waals surface area contributed by atoms with Gasteiger partial charge in [-0.1, -0.05) is 30.3 Å². The summed E-state index contributed by atoms with van der Waals surface area (Å²) in [6.07, 6.45) is 0. The topological polar surface area (TPSA) is 48.7 Å². The van der Waals surface area contributed by atoms with Crippen LogP contribution in [0.1, 0.15) is 0 Å². The van der Waals surface area contributed by atoms with Crippen molar-refractivity contribution in [3.05, 3.63) is 70.9 Å². The first-order valence-electron chi connectivity index (χ1n) is 7.14. The summed E-state index contributed by atoms with van der Waals surface area (Å²) in [6.45, 7) is 0. The molecule has 2 aromatic carbocycles. The lowest BCUT2D eigenvalue weighted by Gasteiger charge is -2.10. The number of hydrogen-bond acceptors (Lipinski definition) is 4. The van der Waals surface area contributed by atoms with Gasteiger partial charge in [0.15, 0.2) is 16.9 Å². The quantitative estimate of drug-likeness (QED) is 0.731. The summed E-state index contributed by atoms with van der Waals surface area (Å²) < 4.78 is 16.4. The SMILES string of the molecule is COc1ccc(-c2cc(=O)cc(-c3ccccc3)o2)cc1OC. The van der Waals surface area contributed by atoms with Gasteiger partial charge in [0.1, 0.15) is 11.5 Å². The molecule has 0 spiro atoms. The van der Waals surface area contributed by atoms with Gasteiger partial charge in [0, 0.05) is 23.3 Å². The maximum Gasteiger partial charge on any atom is 0.186 e. The van der Waals surface area contributed by atoms with E-state index in [0.717, 1.165) is 11.1 Å². The molecule has 0 amide bonds. The van der Waals surface area contributed by atoms with E-state index in [-0.39, 0.29) is 5.43 Å². The molecule has 3 aromatic rings. The maximum atomic E-state index is 12.0. The molecule has 0 bridgehead atoms. The molecular formula is C19H16O4. The summed E-state index contributed by atoms with van der Waals surface area (Å²) in [5, 5.41) is 0. The lowest BCUT2D eigenvalue weighted by molar-refractivity contribution is 0.355. The molecule has 0 saturated carbocycles. The van der Waals surface area contributed by atoms with Crippen molar-refractivity contribution in [1.82, 2.24) is 0 Å². The first kappa shape index (κ1) is 14.9. The van der Waals surface area contributed by atoms with Crippen molar-refractivity contribution < 1.29 is 13.9 Å². The Balaban J connectivity index is 2.10. The molecule has 0 atom stereocenters. The molecule has 0 saturated heterocycles. The lowest BCUT2D eigenvalue weighted by atomic mass is 10.1. The van der Waals surface area contributed by atoms with Crippen LogP contribution in [0.5, 0.6) is 11.5 Å². The standard InChI is InChI=1S/C19H16O4/c1-21-16-9-8-14(10-19(16)22-2)18-12-15(20)11-17(23-18)13-6-4-3-5-7-13/h3-12H,1-2H3. The Kier molecular flexibility index (Phi) is 4.15. The van der Waals surface area contributed by atoms with E-state index in [4.69, 9.17) is 13.9 Å². The van der Waals surface area contributed by atoms with E-state index in [2.05, 4.69) is 0 Å². The van der Waals surface area contributed by atoms with E-state index in [1.54, 1.807) is 26.4 Å². The zero-order valence-electron chi connectivity index (χ0n) is 12.9. The van der Waals surface area contributed by atoms with Crippen LogP contribution in [-0.2, 0) is 0 Å². The summed E-state index contributed by atoms with van der Waals surface area (Å²) >= 11 is 0. The van der Waals surface area contributed by atoms with Crippen LogP contribution in [-0.4, -0.2) is 14.2 Å². The normalized spacial score (nSPS) is 10.3. The van der Waals surface area contributed by atoms with Crippen LogP contribution in [0.2, 0.25) is 0 Å². The highest BCUT2D eigenvalue weighted by atomic mass is 16.5. The minimum atomic E-state index is -0.111. The van der Waals surface area contributed by atoms with Crippen LogP contribution in [0, 0.1) is 0 Å². The molecule has 4 nitrogen and oxygen atoms in total. The van der Waals surface area contributed by atoms with Gasteiger partial charge in [0.25, 0.3) is 0 Å². The van der Waals surface area contributed by atoms with Crippen LogP contribution < -0.4 is 14.9 Å². The lowest BCUT2D eigenvalue weighted by Crippen LogP contribution is -1.99. The third-order valence-electron chi connectivity index (χ3n) is 3.49.